The average molecular weight is 708 g/mol. The van der Waals surface area contributed by atoms with Crippen molar-refractivity contribution in [1.29, 1.82) is 0 Å². The number of nitrogens with one attached hydrogen (secondary N) is 1. The molecule has 1 N–H and O–H groups in total. The number of carbonyl (C=O) groups excluding carboxylic acids is 4. The molecular weight excluding hydrogens is 668 g/mol. The third-order valence-corrected chi connectivity index (χ3v) is 11.1. The van der Waals surface area contributed by atoms with E-state index in [4.69, 9.17) is 0 Å². The smallest absolute Gasteiger partial charge is 0.319 e. The lowest BCUT2D eigenvalue weighted by molar-refractivity contribution is -0.136. The van der Waals surface area contributed by atoms with Crippen LogP contribution in [0.5, 0.6) is 0 Å². The maximum absolute atomic E-state index is 14.1. The molecule has 268 valence electrons. The highest BCUT2D eigenvalue weighted by atomic mass is 19.3. The van der Waals surface area contributed by atoms with Crippen molar-refractivity contribution in [2.24, 2.45) is 5.92 Å². The van der Waals surface area contributed by atoms with E-state index in [1.54, 1.807) is 36.7 Å². The van der Waals surface area contributed by atoms with Gasteiger partial charge in [0.15, 0.2) is 0 Å². The Hall–Kier alpha value is -5.19. The topological polar surface area (TPSA) is 111 Å². The molecule has 1 atom stereocenters. The first-order valence-electron chi connectivity index (χ1n) is 17.9. The predicted octanol–water partition coefficient (Wildman–Crippen LogP) is 4.26. The summed E-state index contributed by atoms with van der Waals surface area (Å²) >= 11 is 0. The number of aromatic nitrogens is 2. The van der Waals surface area contributed by atoms with Gasteiger partial charge >= 0.3 is 6.55 Å². The molecule has 0 aliphatic carbocycles. The van der Waals surface area contributed by atoms with E-state index in [0.29, 0.717) is 29.1 Å². The van der Waals surface area contributed by atoms with Crippen LogP contribution in [0, 0.1) is 17.8 Å². The van der Waals surface area contributed by atoms with Gasteiger partial charge in [0, 0.05) is 80.1 Å². The van der Waals surface area contributed by atoms with Crippen molar-refractivity contribution >= 4 is 51.1 Å². The van der Waals surface area contributed by atoms with E-state index in [-0.39, 0.29) is 24.0 Å². The molecule has 52 heavy (non-hydrogen) atoms. The van der Waals surface area contributed by atoms with Crippen molar-refractivity contribution in [2.45, 2.75) is 44.7 Å². The summed E-state index contributed by atoms with van der Waals surface area (Å²) in [4.78, 5) is 62.2. The summed E-state index contributed by atoms with van der Waals surface area (Å²) in [6.45, 7) is 4.62. The molecule has 6 heterocycles. The van der Waals surface area contributed by atoms with E-state index >= 15 is 0 Å². The molecule has 0 saturated carbocycles. The number of fused-ring (bicyclic) bond motifs is 4. The summed E-state index contributed by atoms with van der Waals surface area (Å²) in [5.74, 6) is 4.89. The van der Waals surface area contributed by atoms with Crippen LogP contribution in [0.3, 0.4) is 0 Å². The van der Waals surface area contributed by atoms with E-state index < -0.39 is 36.2 Å². The standard InChI is InChI=1S/C39H39F2N7O4/c40-39(41)47-32-9-13-42-24-31(32)28-6-4-27(23-34(28)47)46-16-11-25(12-17-46)10-15-45-20-18-44(19-21-45)14-1-2-26-3-5-29-30(22-26)38(52)48(37(29)51)33-7-8-35(49)43-36(33)50/h3-6,9,13,22-25,33,39H,7-8,10-12,14-21H2,(H,43,49,50). The number of halogens is 2. The van der Waals surface area contributed by atoms with Crippen molar-refractivity contribution in [3.05, 3.63) is 71.5 Å². The van der Waals surface area contributed by atoms with Gasteiger partial charge in [-0.15, -0.1) is 0 Å². The molecule has 4 aromatic rings. The number of piperidine rings is 2. The van der Waals surface area contributed by atoms with Crippen LogP contribution in [0.15, 0.2) is 54.9 Å². The molecule has 4 aliphatic heterocycles. The largest absolute Gasteiger partial charge is 0.371 e. The minimum atomic E-state index is -2.63. The Morgan fingerprint density at radius 3 is 2.37 bits per heavy atom. The Morgan fingerprint density at radius 2 is 1.60 bits per heavy atom. The first-order chi connectivity index (χ1) is 25.2. The Bertz CT molecular complexity index is 2140. The van der Waals surface area contributed by atoms with E-state index in [2.05, 4.69) is 36.8 Å². The van der Waals surface area contributed by atoms with Crippen LogP contribution < -0.4 is 10.2 Å². The normalized spacial score (nSPS) is 20.6. The molecule has 4 amide bonds. The van der Waals surface area contributed by atoms with Crippen molar-refractivity contribution in [3.63, 3.8) is 0 Å². The van der Waals surface area contributed by atoms with Crippen molar-refractivity contribution < 1.29 is 28.0 Å². The van der Waals surface area contributed by atoms with Gasteiger partial charge in [-0.05, 0) is 74.5 Å². The van der Waals surface area contributed by atoms with Crippen molar-refractivity contribution in [2.75, 3.05) is 57.3 Å². The molecular formula is C39H39F2N7O4. The number of imide groups is 2. The van der Waals surface area contributed by atoms with E-state index in [1.807, 2.05) is 18.2 Å². The Labute approximate surface area is 299 Å². The Kier molecular flexibility index (Phi) is 9.19. The predicted molar refractivity (Wildman–Crippen MR) is 191 cm³/mol. The number of amides is 4. The summed E-state index contributed by atoms with van der Waals surface area (Å²) in [7, 11) is 0. The molecule has 4 aliphatic rings. The lowest BCUT2D eigenvalue weighted by atomic mass is 9.93. The number of hydrogen-bond donors (Lipinski definition) is 1. The molecule has 8 rings (SSSR count). The van der Waals surface area contributed by atoms with E-state index in [9.17, 15) is 28.0 Å². The van der Waals surface area contributed by atoms with Gasteiger partial charge in [-0.2, -0.15) is 8.78 Å². The number of anilines is 1. The van der Waals surface area contributed by atoms with Crippen LogP contribution in [0.2, 0.25) is 0 Å². The molecule has 0 bridgehead atoms. The summed E-state index contributed by atoms with van der Waals surface area (Å²) in [5.41, 5.74) is 3.13. The second-order valence-electron chi connectivity index (χ2n) is 14.1. The second kappa shape index (κ2) is 14.1. The highest BCUT2D eigenvalue weighted by Crippen LogP contribution is 2.36. The fraction of sp³-hybridized carbons (Fsp3) is 0.410. The molecule has 0 radical (unpaired) electrons. The highest BCUT2D eigenvalue weighted by molar-refractivity contribution is 6.23. The maximum Gasteiger partial charge on any atom is 0.319 e. The summed E-state index contributed by atoms with van der Waals surface area (Å²) in [5, 5.41) is 3.75. The Morgan fingerprint density at radius 1 is 0.827 bits per heavy atom. The SMILES string of the molecule is O=C1CCC(N2C(=O)c3ccc(C#CCN4CCN(CCC5CCN(c6ccc7c8cnccc8n(C(F)F)c7c6)CC5)CC4)cc3C2=O)C(=O)N1. The van der Waals surface area contributed by atoms with Crippen LogP contribution >= 0.6 is 0 Å². The highest BCUT2D eigenvalue weighted by Gasteiger charge is 2.44. The molecule has 11 nitrogen and oxygen atoms in total. The Balaban J connectivity index is 0.791. The minimum absolute atomic E-state index is 0.0789. The minimum Gasteiger partial charge on any atom is -0.371 e. The first-order valence-corrected chi connectivity index (χ1v) is 17.9. The third-order valence-electron chi connectivity index (χ3n) is 11.1. The van der Waals surface area contributed by atoms with Gasteiger partial charge in [0.05, 0.1) is 28.7 Å². The molecule has 2 aromatic heterocycles. The summed E-state index contributed by atoms with van der Waals surface area (Å²) < 4.78 is 29.3. The van der Waals surface area contributed by atoms with E-state index in [0.717, 1.165) is 91.0 Å². The number of nitrogens with zero attached hydrogens (tertiary/aromatic N) is 6. The maximum atomic E-state index is 14.1. The third kappa shape index (κ3) is 6.41. The molecule has 2 aromatic carbocycles. The van der Waals surface area contributed by atoms with Gasteiger partial charge in [0.25, 0.3) is 11.8 Å². The van der Waals surface area contributed by atoms with Gasteiger partial charge < -0.3 is 9.80 Å². The zero-order valence-electron chi connectivity index (χ0n) is 28.7. The van der Waals surface area contributed by atoms with E-state index in [1.165, 1.54) is 0 Å². The average Bonchev–Trinajstić information content (AvgIpc) is 3.61. The molecule has 3 saturated heterocycles. The van der Waals surface area contributed by atoms with Gasteiger partial charge in [0.1, 0.15) is 6.04 Å². The fourth-order valence-corrected chi connectivity index (χ4v) is 8.11. The van der Waals surface area contributed by atoms with Gasteiger partial charge in [-0.1, -0.05) is 17.9 Å². The van der Waals surface area contributed by atoms with Crippen LogP contribution in [0.1, 0.15) is 64.9 Å². The van der Waals surface area contributed by atoms with Crippen LogP contribution in [0.4, 0.5) is 14.5 Å². The molecule has 3 fully saturated rings. The number of carbonyl (C=O) groups is 4. The van der Waals surface area contributed by atoms with Crippen LogP contribution in [0.25, 0.3) is 21.8 Å². The van der Waals surface area contributed by atoms with Gasteiger partial charge in [-0.25, -0.2) is 0 Å². The zero-order valence-corrected chi connectivity index (χ0v) is 28.7. The molecule has 0 spiro atoms. The van der Waals surface area contributed by atoms with Crippen LogP contribution in [-0.2, 0) is 9.59 Å². The van der Waals surface area contributed by atoms with Gasteiger partial charge in [-0.3, -0.25) is 43.8 Å². The van der Waals surface area contributed by atoms with Crippen molar-refractivity contribution in [1.82, 2.24) is 29.6 Å². The number of benzene rings is 2. The quantitative estimate of drug-likeness (QED) is 0.224. The number of alkyl halides is 2. The van der Waals surface area contributed by atoms with Crippen molar-refractivity contribution in [3.8, 4) is 11.8 Å². The first kappa shape index (κ1) is 33.9. The number of piperazine rings is 1. The second-order valence-corrected chi connectivity index (χ2v) is 14.1. The number of pyridine rings is 1. The zero-order chi connectivity index (χ0) is 35.9. The summed E-state index contributed by atoms with van der Waals surface area (Å²) in [6.07, 6.45) is 6.70. The number of rotatable bonds is 7. The fourth-order valence-electron chi connectivity index (χ4n) is 8.11. The lowest BCUT2D eigenvalue weighted by Gasteiger charge is -2.37. The monoisotopic (exact) mass is 707 g/mol. The van der Waals surface area contributed by atoms with Gasteiger partial charge in [0.2, 0.25) is 11.8 Å². The number of hydrogen-bond acceptors (Lipinski definition) is 8. The summed E-state index contributed by atoms with van der Waals surface area (Å²) in [6, 6.07) is 11.5. The molecule has 13 heteroatoms. The lowest BCUT2D eigenvalue weighted by Crippen LogP contribution is -2.54. The molecule has 1 unspecified atom stereocenters. The van der Waals surface area contributed by atoms with Crippen LogP contribution in [-0.4, -0.2) is 106 Å².